The van der Waals surface area contributed by atoms with E-state index in [1.165, 1.54) is 12.4 Å². The van der Waals surface area contributed by atoms with Crippen molar-refractivity contribution in [3.8, 4) is 0 Å². The first-order chi connectivity index (χ1) is 10.9. The number of carbonyl (C=O) groups is 2. The number of hydrogen-bond donors (Lipinski definition) is 1. The smallest absolute Gasteiger partial charge is 0.257 e. The minimum atomic E-state index is -2.51. The topological polar surface area (TPSA) is 64.0 Å². The van der Waals surface area contributed by atoms with E-state index in [9.17, 15) is 18.4 Å². The van der Waals surface area contributed by atoms with Crippen LogP contribution in [0.2, 0.25) is 0 Å². The largest absolute Gasteiger partial charge is 0.323 e. The number of Topliss-reactive ketones (excluding diaryl/α,β-unsaturated/α-hetero) is 1. The van der Waals surface area contributed by atoms with E-state index < -0.39 is 13.0 Å². The van der Waals surface area contributed by atoms with Gasteiger partial charge in [0.2, 0.25) is 5.91 Å². The molecule has 1 N–H and O–H groups in total. The highest BCUT2D eigenvalue weighted by Gasteiger charge is 2.11. The van der Waals surface area contributed by atoms with Gasteiger partial charge in [-0.1, -0.05) is 29.8 Å². The number of rotatable bonds is 7. The number of halogens is 2. The van der Waals surface area contributed by atoms with Gasteiger partial charge in [-0.3, -0.25) is 14.3 Å². The molecule has 7 heteroatoms. The molecule has 0 radical (unpaired) electrons. The van der Waals surface area contributed by atoms with Gasteiger partial charge in [-0.15, -0.1) is 0 Å². The van der Waals surface area contributed by atoms with Gasteiger partial charge in [-0.25, -0.2) is 8.78 Å². The molecule has 0 saturated carbocycles. The fourth-order valence-electron chi connectivity index (χ4n) is 2.00. The summed E-state index contributed by atoms with van der Waals surface area (Å²) < 4.78 is 25.5. The number of nitrogens with zero attached hydrogens (tertiary/aromatic N) is 2. The Labute approximate surface area is 132 Å². The second-order valence-electron chi connectivity index (χ2n) is 5.18. The standard InChI is InChI=1S/C16H17F2N3O2/c1-11-2-4-12(5-3-11)14(22)6-7-16(23)20-13-8-19-21(9-13)10-15(17)18/h2-5,8-9,15H,6-7,10H2,1H3,(H,20,23). The number of anilines is 1. The Bertz CT molecular complexity index is 681. The highest BCUT2D eigenvalue weighted by molar-refractivity contribution is 5.99. The van der Waals surface area contributed by atoms with Crippen LogP contribution in [0.5, 0.6) is 0 Å². The van der Waals surface area contributed by atoms with Crippen molar-refractivity contribution in [1.29, 1.82) is 0 Å². The SMILES string of the molecule is Cc1ccc(C(=O)CCC(=O)Nc2cnn(CC(F)F)c2)cc1. The van der Waals surface area contributed by atoms with E-state index in [2.05, 4.69) is 10.4 Å². The van der Waals surface area contributed by atoms with E-state index in [1.807, 2.05) is 19.1 Å². The lowest BCUT2D eigenvalue weighted by molar-refractivity contribution is -0.116. The van der Waals surface area contributed by atoms with Crippen LogP contribution in [0.25, 0.3) is 0 Å². The molecule has 122 valence electrons. The van der Waals surface area contributed by atoms with Gasteiger partial charge in [-0.05, 0) is 6.92 Å². The Morgan fingerprint density at radius 2 is 1.91 bits per heavy atom. The first-order valence-corrected chi connectivity index (χ1v) is 7.14. The van der Waals surface area contributed by atoms with Crippen LogP contribution in [-0.2, 0) is 11.3 Å². The maximum absolute atomic E-state index is 12.2. The third-order valence-electron chi connectivity index (χ3n) is 3.19. The molecular weight excluding hydrogens is 304 g/mol. The second-order valence-corrected chi connectivity index (χ2v) is 5.18. The van der Waals surface area contributed by atoms with E-state index in [-0.39, 0.29) is 24.5 Å². The molecule has 0 atom stereocenters. The van der Waals surface area contributed by atoms with Gasteiger partial charge < -0.3 is 5.32 Å². The summed E-state index contributed by atoms with van der Waals surface area (Å²) in [7, 11) is 0. The molecule has 1 amide bonds. The van der Waals surface area contributed by atoms with E-state index >= 15 is 0 Å². The molecule has 0 aliphatic carbocycles. The molecule has 0 bridgehead atoms. The minimum absolute atomic E-state index is 0.0206. The van der Waals surface area contributed by atoms with Crippen LogP contribution in [0, 0.1) is 6.92 Å². The van der Waals surface area contributed by atoms with Gasteiger partial charge in [0, 0.05) is 24.6 Å². The lowest BCUT2D eigenvalue weighted by Gasteiger charge is -2.03. The highest BCUT2D eigenvalue weighted by atomic mass is 19.3. The summed E-state index contributed by atoms with van der Waals surface area (Å²) in [6, 6.07) is 7.13. The number of alkyl halides is 2. The predicted octanol–water partition coefficient (Wildman–Crippen LogP) is 3.06. The zero-order valence-corrected chi connectivity index (χ0v) is 12.6. The molecule has 0 fully saturated rings. The molecule has 0 saturated heterocycles. The summed E-state index contributed by atoms with van der Waals surface area (Å²) in [6.07, 6.45) is 0.214. The summed E-state index contributed by atoms with van der Waals surface area (Å²) in [5.41, 5.74) is 1.95. The van der Waals surface area contributed by atoms with Crippen LogP contribution in [-0.4, -0.2) is 27.9 Å². The first kappa shape index (κ1) is 16.8. The molecule has 2 rings (SSSR count). The number of carbonyl (C=O) groups excluding carboxylic acids is 2. The zero-order chi connectivity index (χ0) is 16.8. The number of nitrogens with one attached hydrogen (secondary N) is 1. The third kappa shape index (κ3) is 5.28. The first-order valence-electron chi connectivity index (χ1n) is 7.14. The Hall–Kier alpha value is -2.57. The van der Waals surface area contributed by atoms with Crippen molar-refractivity contribution in [3.05, 3.63) is 47.8 Å². The molecule has 1 aromatic carbocycles. The minimum Gasteiger partial charge on any atom is -0.323 e. The fourth-order valence-corrected chi connectivity index (χ4v) is 2.00. The Kier molecular flexibility index (Phi) is 5.56. The van der Waals surface area contributed by atoms with Crippen LogP contribution in [0.15, 0.2) is 36.7 Å². The lowest BCUT2D eigenvalue weighted by Crippen LogP contribution is -2.13. The predicted molar refractivity (Wildman–Crippen MR) is 81.6 cm³/mol. The number of amides is 1. The average molecular weight is 321 g/mol. The third-order valence-corrected chi connectivity index (χ3v) is 3.19. The number of hydrogen-bond acceptors (Lipinski definition) is 3. The fraction of sp³-hybridized carbons (Fsp3) is 0.312. The Morgan fingerprint density at radius 3 is 2.57 bits per heavy atom. The summed E-state index contributed by atoms with van der Waals surface area (Å²) in [5, 5.41) is 6.25. The van der Waals surface area contributed by atoms with E-state index in [0.29, 0.717) is 11.3 Å². The van der Waals surface area contributed by atoms with E-state index in [0.717, 1.165) is 10.2 Å². The summed E-state index contributed by atoms with van der Waals surface area (Å²) in [5.74, 6) is -0.476. The number of aryl methyl sites for hydroxylation is 1. The zero-order valence-electron chi connectivity index (χ0n) is 12.6. The van der Waals surface area contributed by atoms with Crippen LogP contribution in [0.3, 0.4) is 0 Å². The van der Waals surface area contributed by atoms with Crippen molar-refractivity contribution < 1.29 is 18.4 Å². The van der Waals surface area contributed by atoms with Crippen molar-refractivity contribution >= 4 is 17.4 Å². The molecular formula is C16H17F2N3O2. The summed E-state index contributed by atoms with van der Waals surface area (Å²) >= 11 is 0. The monoisotopic (exact) mass is 321 g/mol. The van der Waals surface area contributed by atoms with Crippen molar-refractivity contribution in [3.63, 3.8) is 0 Å². The van der Waals surface area contributed by atoms with Gasteiger partial charge >= 0.3 is 0 Å². The molecule has 0 unspecified atom stereocenters. The molecule has 0 aliphatic rings. The number of aromatic nitrogens is 2. The molecule has 2 aromatic rings. The van der Waals surface area contributed by atoms with Gasteiger partial charge in [-0.2, -0.15) is 5.10 Å². The maximum Gasteiger partial charge on any atom is 0.257 e. The van der Waals surface area contributed by atoms with E-state index in [4.69, 9.17) is 0 Å². The van der Waals surface area contributed by atoms with Crippen LogP contribution in [0.1, 0.15) is 28.8 Å². The van der Waals surface area contributed by atoms with E-state index in [1.54, 1.807) is 12.1 Å². The molecule has 0 spiro atoms. The summed E-state index contributed by atoms with van der Waals surface area (Å²) in [6.45, 7) is 1.40. The van der Waals surface area contributed by atoms with Crippen molar-refractivity contribution in [1.82, 2.24) is 9.78 Å². The second kappa shape index (κ2) is 7.62. The highest BCUT2D eigenvalue weighted by Crippen LogP contribution is 2.10. The quantitative estimate of drug-likeness (QED) is 0.797. The van der Waals surface area contributed by atoms with Crippen molar-refractivity contribution in [2.24, 2.45) is 0 Å². The van der Waals surface area contributed by atoms with Gasteiger partial charge in [0.05, 0.1) is 11.9 Å². The van der Waals surface area contributed by atoms with Crippen LogP contribution >= 0.6 is 0 Å². The summed E-state index contributed by atoms with van der Waals surface area (Å²) in [4.78, 5) is 23.7. The normalized spacial score (nSPS) is 10.8. The molecule has 0 aliphatic heterocycles. The van der Waals surface area contributed by atoms with Crippen molar-refractivity contribution in [2.45, 2.75) is 32.7 Å². The lowest BCUT2D eigenvalue weighted by atomic mass is 10.1. The number of benzene rings is 1. The van der Waals surface area contributed by atoms with Crippen LogP contribution < -0.4 is 5.32 Å². The van der Waals surface area contributed by atoms with Gasteiger partial charge in [0.25, 0.3) is 6.43 Å². The Morgan fingerprint density at radius 1 is 1.22 bits per heavy atom. The maximum atomic E-state index is 12.2. The molecule has 23 heavy (non-hydrogen) atoms. The Balaban J connectivity index is 1.81. The van der Waals surface area contributed by atoms with Crippen LogP contribution in [0.4, 0.5) is 14.5 Å². The van der Waals surface area contributed by atoms with Crippen molar-refractivity contribution in [2.75, 3.05) is 5.32 Å². The molecule has 1 heterocycles. The van der Waals surface area contributed by atoms with Gasteiger partial charge in [0.15, 0.2) is 5.78 Å². The average Bonchev–Trinajstić information content (AvgIpc) is 2.91. The number of ketones is 1. The molecule has 1 aromatic heterocycles. The van der Waals surface area contributed by atoms with Gasteiger partial charge in [0.1, 0.15) is 6.54 Å². The molecule has 5 nitrogen and oxygen atoms in total.